The van der Waals surface area contributed by atoms with Crippen LogP contribution in [0, 0.1) is 0 Å². The van der Waals surface area contributed by atoms with Gasteiger partial charge in [0.15, 0.2) is 10.8 Å². The maximum absolute atomic E-state index is 12.7. The first-order chi connectivity index (χ1) is 9.14. The van der Waals surface area contributed by atoms with Crippen LogP contribution in [0.15, 0.2) is 16.6 Å². The SMILES string of the molecule is NNc1nc2sccn2c1S(=O)(=O)N1CCCCC1. The van der Waals surface area contributed by atoms with Crippen molar-refractivity contribution in [2.24, 2.45) is 5.84 Å². The Hall–Kier alpha value is -1.16. The molecular weight excluding hydrogens is 286 g/mol. The first-order valence-electron chi connectivity index (χ1n) is 6.07. The van der Waals surface area contributed by atoms with Crippen molar-refractivity contribution in [2.75, 3.05) is 18.5 Å². The van der Waals surface area contributed by atoms with Crippen molar-refractivity contribution in [3.05, 3.63) is 11.6 Å². The normalized spacial score (nSPS) is 17.9. The molecular formula is C10H15N5O2S2. The molecule has 0 atom stereocenters. The highest BCUT2D eigenvalue weighted by molar-refractivity contribution is 7.89. The van der Waals surface area contributed by atoms with E-state index in [2.05, 4.69) is 10.4 Å². The Morgan fingerprint density at radius 3 is 2.74 bits per heavy atom. The van der Waals surface area contributed by atoms with Gasteiger partial charge in [0.1, 0.15) is 0 Å². The van der Waals surface area contributed by atoms with Crippen LogP contribution in [0.4, 0.5) is 5.82 Å². The highest BCUT2D eigenvalue weighted by Crippen LogP contribution is 2.29. The molecule has 1 saturated heterocycles. The summed E-state index contributed by atoms with van der Waals surface area (Å²) in [5.41, 5.74) is 2.39. The number of sulfonamides is 1. The highest BCUT2D eigenvalue weighted by atomic mass is 32.2. The van der Waals surface area contributed by atoms with Gasteiger partial charge in [-0.1, -0.05) is 6.42 Å². The Morgan fingerprint density at radius 1 is 1.32 bits per heavy atom. The number of nitrogens with two attached hydrogens (primary N) is 1. The zero-order valence-electron chi connectivity index (χ0n) is 10.2. The molecule has 3 N–H and O–H groups in total. The standard InChI is InChI=1S/C10H15N5O2S2/c11-13-8-9(15-6-7-18-10(15)12-8)19(16,17)14-4-2-1-3-5-14/h6-7,13H,1-5,11H2. The number of nitrogen functional groups attached to an aromatic ring is 1. The molecule has 1 aliphatic heterocycles. The number of piperidine rings is 1. The predicted octanol–water partition coefficient (Wildman–Crippen LogP) is 0.856. The Kier molecular flexibility index (Phi) is 3.21. The second-order valence-electron chi connectivity index (χ2n) is 4.43. The highest BCUT2D eigenvalue weighted by Gasteiger charge is 2.32. The molecule has 3 rings (SSSR count). The molecule has 104 valence electrons. The second-order valence-corrected chi connectivity index (χ2v) is 7.16. The average Bonchev–Trinajstić information content (AvgIpc) is 2.98. The topological polar surface area (TPSA) is 92.7 Å². The van der Waals surface area contributed by atoms with Crippen molar-refractivity contribution in [1.82, 2.24) is 13.7 Å². The molecule has 19 heavy (non-hydrogen) atoms. The molecule has 0 radical (unpaired) electrons. The number of hydrazine groups is 1. The van der Waals surface area contributed by atoms with E-state index >= 15 is 0 Å². The average molecular weight is 301 g/mol. The van der Waals surface area contributed by atoms with Gasteiger partial charge in [-0.25, -0.2) is 14.3 Å². The third-order valence-electron chi connectivity index (χ3n) is 3.25. The number of thiazole rings is 1. The van der Waals surface area contributed by atoms with Crippen LogP contribution in [0.3, 0.4) is 0 Å². The minimum absolute atomic E-state index is 0.133. The fraction of sp³-hybridized carbons (Fsp3) is 0.500. The van der Waals surface area contributed by atoms with Gasteiger partial charge in [0.2, 0.25) is 5.03 Å². The number of hydrogen-bond donors (Lipinski definition) is 2. The maximum Gasteiger partial charge on any atom is 0.262 e. The molecule has 1 fully saturated rings. The van der Waals surface area contributed by atoms with Crippen molar-refractivity contribution in [2.45, 2.75) is 24.3 Å². The lowest BCUT2D eigenvalue weighted by Crippen LogP contribution is -2.36. The van der Waals surface area contributed by atoms with Gasteiger partial charge in [-0.3, -0.25) is 4.40 Å². The molecule has 1 aliphatic rings. The number of nitrogens with zero attached hydrogens (tertiary/aromatic N) is 3. The van der Waals surface area contributed by atoms with E-state index in [4.69, 9.17) is 5.84 Å². The van der Waals surface area contributed by atoms with Gasteiger partial charge in [0.05, 0.1) is 0 Å². The Morgan fingerprint density at radius 2 is 2.05 bits per heavy atom. The van der Waals surface area contributed by atoms with Gasteiger partial charge in [-0.15, -0.1) is 11.3 Å². The van der Waals surface area contributed by atoms with Crippen molar-refractivity contribution in [1.29, 1.82) is 0 Å². The summed E-state index contributed by atoms with van der Waals surface area (Å²) in [6.07, 6.45) is 4.57. The fourth-order valence-corrected chi connectivity index (χ4v) is 4.83. The van der Waals surface area contributed by atoms with Crippen LogP contribution in [0.5, 0.6) is 0 Å². The predicted molar refractivity (Wildman–Crippen MR) is 73.5 cm³/mol. The lowest BCUT2D eigenvalue weighted by atomic mass is 10.2. The minimum Gasteiger partial charge on any atom is -0.306 e. The van der Waals surface area contributed by atoms with Gasteiger partial charge in [-0.05, 0) is 12.8 Å². The molecule has 0 spiro atoms. The number of hydrogen-bond acceptors (Lipinski definition) is 6. The molecule has 2 aromatic rings. The van der Waals surface area contributed by atoms with Crippen LogP contribution in [0.1, 0.15) is 19.3 Å². The van der Waals surface area contributed by atoms with Crippen LogP contribution in [0.2, 0.25) is 0 Å². The quantitative estimate of drug-likeness (QED) is 0.648. The van der Waals surface area contributed by atoms with Crippen LogP contribution in [-0.2, 0) is 10.0 Å². The third kappa shape index (κ3) is 2.02. The van der Waals surface area contributed by atoms with Crippen molar-refractivity contribution in [3.63, 3.8) is 0 Å². The van der Waals surface area contributed by atoms with Gasteiger partial charge in [0.25, 0.3) is 10.0 Å². The van der Waals surface area contributed by atoms with E-state index < -0.39 is 10.0 Å². The lowest BCUT2D eigenvalue weighted by Gasteiger charge is -2.25. The van der Waals surface area contributed by atoms with Gasteiger partial charge in [0, 0.05) is 24.7 Å². The number of nitrogens with one attached hydrogen (secondary N) is 1. The summed E-state index contributed by atoms with van der Waals surface area (Å²) in [4.78, 5) is 4.81. The third-order valence-corrected chi connectivity index (χ3v) is 5.93. The summed E-state index contributed by atoms with van der Waals surface area (Å²) < 4.78 is 28.5. The molecule has 0 unspecified atom stereocenters. The van der Waals surface area contributed by atoms with E-state index in [0.717, 1.165) is 19.3 Å². The smallest absolute Gasteiger partial charge is 0.262 e. The molecule has 0 aliphatic carbocycles. The summed E-state index contributed by atoms with van der Waals surface area (Å²) in [5, 5.41) is 1.94. The van der Waals surface area contributed by atoms with E-state index in [1.807, 2.05) is 0 Å². The van der Waals surface area contributed by atoms with Crippen molar-refractivity contribution in [3.8, 4) is 0 Å². The number of fused-ring (bicyclic) bond motifs is 1. The largest absolute Gasteiger partial charge is 0.306 e. The minimum atomic E-state index is -3.56. The Balaban J connectivity index is 2.13. The van der Waals surface area contributed by atoms with Crippen LogP contribution < -0.4 is 11.3 Å². The fourth-order valence-electron chi connectivity index (χ4n) is 2.33. The molecule has 2 aromatic heterocycles. The lowest BCUT2D eigenvalue weighted by molar-refractivity contribution is 0.345. The first kappa shape index (κ1) is 12.9. The molecule has 0 bridgehead atoms. The van der Waals surface area contributed by atoms with E-state index in [-0.39, 0.29) is 10.8 Å². The van der Waals surface area contributed by atoms with Crippen LogP contribution in [0.25, 0.3) is 4.96 Å². The molecule has 0 saturated carbocycles. The second kappa shape index (κ2) is 4.75. The number of aromatic nitrogens is 2. The van der Waals surface area contributed by atoms with E-state index in [9.17, 15) is 8.42 Å². The molecule has 3 heterocycles. The van der Waals surface area contributed by atoms with E-state index in [0.29, 0.717) is 18.1 Å². The van der Waals surface area contributed by atoms with Gasteiger partial charge in [-0.2, -0.15) is 9.29 Å². The van der Waals surface area contributed by atoms with Crippen molar-refractivity contribution < 1.29 is 8.42 Å². The van der Waals surface area contributed by atoms with Gasteiger partial charge < -0.3 is 5.43 Å². The molecule has 0 aromatic carbocycles. The molecule has 7 nitrogen and oxygen atoms in total. The number of anilines is 1. The van der Waals surface area contributed by atoms with Crippen molar-refractivity contribution >= 4 is 32.1 Å². The van der Waals surface area contributed by atoms with Crippen LogP contribution in [-0.4, -0.2) is 35.2 Å². The molecule has 0 amide bonds. The number of rotatable bonds is 3. The first-order valence-corrected chi connectivity index (χ1v) is 8.39. The maximum atomic E-state index is 12.7. The van der Waals surface area contributed by atoms with Gasteiger partial charge >= 0.3 is 0 Å². The Bertz CT molecular complexity index is 684. The molecule has 9 heteroatoms. The summed E-state index contributed by atoms with van der Waals surface area (Å²) in [5.74, 6) is 5.60. The zero-order chi connectivity index (χ0) is 13.5. The Labute approximate surface area is 115 Å². The monoisotopic (exact) mass is 301 g/mol. The van der Waals surface area contributed by atoms with Crippen LogP contribution >= 0.6 is 11.3 Å². The van der Waals surface area contributed by atoms with E-state index in [1.165, 1.54) is 15.6 Å². The summed E-state index contributed by atoms with van der Waals surface area (Å²) in [7, 11) is -3.56. The van der Waals surface area contributed by atoms with E-state index in [1.54, 1.807) is 16.0 Å². The summed E-state index contributed by atoms with van der Waals surface area (Å²) >= 11 is 1.37. The zero-order valence-corrected chi connectivity index (χ0v) is 11.9. The number of imidazole rings is 1. The summed E-state index contributed by atoms with van der Waals surface area (Å²) in [6.45, 7) is 1.12. The summed E-state index contributed by atoms with van der Waals surface area (Å²) in [6, 6.07) is 0.